The van der Waals surface area contributed by atoms with Gasteiger partial charge in [0, 0.05) is 6.42 Å². The minimum atomic E-state index is -0.881. The number of aldehydes is 1. The van der Waals surface area contributed by atoms with Crippen LogP contribution in [0.4, 0.5) is 0 Å². The van der Waals surface area contributed by atoms with Crippen molar-refractivity contribution >= 4 is 17.9 Å². The summed E-state index contributed by atoms with van der Waals surface area (Å²) < 4.78 is 0. The first kappa shape index (κ1) is 12.1. The van der Waals surface area contributed by atoms with Crippen LogP contribution >= 0.6 is 0 Å². The maximum Gasteiger partial charge on any atom is 0.208 e. The zero-order chi connectivity index (χ0) is 11.3. The van der Waals surface area contributed by atoms with Crippen LogP contribution in [0.5, 0.6) is 0 Å². The van der Waals surface area contributed by atoms with Crippen LogP contribution in [0.25, 0.3) is 0 Å². The fraction of sp³-hybridized carbons (Fsp3) is 0.750. The molecule has 0 saturated heterocycles. The highest BCUT2D eigenvalue weighted by molar-refractivity contribution is 6.34. The van der Waals surface area contributed by atoms with Gasteiger partial charge in [-0.2, -0.15) is 0 Å². The van der Waals surface area contributed by atoms with Gasteiger partial charge in [0.2, 0.25) is 5.78 Å². The summed E-state index contributed by atoms with van der Waals surface area (Å²) in [7, 11) is 0. The highest BCUT2D eigenvalue weighted by Gasteiger charge is 2.54. The molecule has 84 valence electrons. The molecular weight excluding hydrogens is 192 g/mol. The van der Waals surface area contributed by atoms with E-state index in [-0.39, 0.29) is 5.78 Å². The monoisotopic (exact) mass is 210 g/mol. The fourth-order valence-electron chi connectivity index (χ4n) is 1.85. The molecule has 0 aromatic carbocycles. The van der Waals surface area contributed by atoms with Crippen LogP contribution < -0.4 is 0 Å². The topological polar surface area (TPSA) is 51.2 Å². The molecule has 15 heavy (non-hydrogen) atoms. The molecule has 1 saturated carbocycles. The van der Waals surface area contributed by atoms with E-state index < -0.39 is 11.2 Å². The summed E-state index contributed by atoms with van der Waals surface area (Å²) in [6, 6.07) is 0. The minimum absolute atomic E-state index is 0.0179. The van der Waals surface area contributed by atoms with Gasteiger partial charge in [0.1, 0.15) is 5.78 Å². The second kappa shape index (κ2) is 5.19. The van der Waals surface area contributed by atoms with Crippen molar-refractivity contribution < 1.29 is 14.4 Å². The molecule has 0 heterocycles. The first-order valence-corrected chi connectivity index (χ1v) is 5.70. The van der Waals surface area contributed by atoms with Crippen molar-refractivity contribution in [2.45, 2.75) is 51.9 Å². The van der Waals surface area contributed by atoms with Crippen molar-refractivity contribution in [1.82, 2.24) is 0 Å². The molecular formula is C12H18O3. The molecule has 3 nitrogen and oxygen atoms in total. The molecule has 0 bridgehead atoms. The highest BCUT2D eigenvalue weighted by atomic mass is 16.2. The Balaban J connectivity index is 2.34. The van der Waals surface area contributed by atoms with Crippen LogP contribution in [0.1, 0.15) is 51.9 Å². The molecule has 0 spiro atoms. The first-order valence-electron chi connectivity index (χ1n) is 5.70. The molecule has 0 unspecified atom stereocenters. The summed E-state index contributed by atoms with van der Waals surface area (Å²) in [5.41, 5.74) is -0.881. The highest BCUT2D eigenvalue weighted by Crippen LogP contribution is 2.48. The van der Waals surface area contributed by atoms with Crippen molar-refractivity contribution in [2.24, 2.45) is 5.41 Å². The van der Waals surface area contributed by atoms with E-state index in [0.717, 1.165) is 25.7 Å². The number of carbonyl (C=O) groups is 3. The first-order chi connectivity index (χ1) is 7.17. The largest absolute Gasteiger partial charge is 0.299 e. The molecule has 0 aromatic rings. The molecule has 3 heteroatoms. The van der Waals surface area contributed by atoms with Crippen LogP contribution in [-0.4, -0.2) is 17.9 Å². The number of rotatable bonds is 8. The Morgan fingerprint density at radius 1 is 1.20 bits per heavy atom. The summed E-state index contributed by atoms with van der Waals surface area (Å²) in [4.78, 5) is 33.3. The standard InChI is InChI=1S/C12H18O3/c1-2-3-4-5-6-10(14)12(7-8-12)11(15)9-13/h9H,2-8H2,1H3. The van der Waals surface area contributed by atoms with E-state index in [1.54, 1.807) is 0 Å². The molecule has 1 aliphatic carbocycles. The zero-order valence-corrected chi connectivity index (χ0v) is 9.25. The maximum atomic E-state index is 11.7. The maximum absolute atomic E-state index is 11.7. The van der Waals surface area contributed by atoms with Gasteiger partial charge in [0.15, 0.2) is 6.29 Å². The number of carbonyl (C=O) groups excluding carboxylic acids is 3. The molecule has 0 atom stereocenters. The third kappa shape index (κ3) is 2.74. The Labute approximate surface area is 90.2 Å². The van der Waals surface area contributed by atoms with E-state index in [1.807, 2.05) is 0 Å². The molecule has 0 radical (unpaired) electrons. The van der Waals surface area contributed by atoms with Crippen LogP contribution in [0.3, 0.4) is 0 Å². The second-order valence-corrected chi connectivity index (χ2v) is 4.30. The van der Waals surface area contributed by atoms with Gasteiger partial charge in [0.25, 0.3) is 0 Å². The fourth-order valence-corrected chi connectivity index (χ4v) is 1.85. The van der Waals surface area contributed by atoms with Gasteiger partial charge >= 0.3 is 0 Å². The predicted molar refractivity (Wildman–Crippen MR) is 56.5 cm³/mol. The lowest BCUT2D eigenvalue weighted by Gasteiger charge is -2.08. The molecule has 1 aliphatic rings. The van der Waals surface area contributed by atoms with Crippen LogP contribution in [-0.2, 0) is 14.4 Å². The van der Waals surface area contributed by atoms with Gasteiger partial charge < -0.3 is 0 Å². The normalized spacial score (nSPS) is 17.1. The van der Waals surface area contributed by atoms with E-state index in [2.05, 4.69) is 6.92 Å². The molecule has 1 fully saturated rings. The van der Waals surface area contributed by atoms with Crippen LogP contribution in [0, 0.1) is 5.41 Å². The van der Waals surface area contributed by atoms with Gasteiger partial charge in [-0.25, -0.2) is 0 Å². The summed E-state index contributed by atoms with van der Waals surface area (Å²) in [5, 5.41) is 0. The molecule has 1 rings (SSSR count). The van der Waals surface area contributed by atoms with Gasteiger partial charge in [-0.1, -0.05) is 26.2 Å². The Hall–Kier alpha value is -0.990. The van der Waals surface area contributed by atoms with E-state index in [9.17, 15) is 14.4 Å². The van der Waals surface area contributed by atoms with Crippen molar-refractivity contribution in [3.05, 3.63) is 0 Å². The van der Waals surface area contributed by atoms with E-state index in [1.165, 1.54) is 0 Å². The molecule has 0 N–H and O–H groups in total. The third-order valence-electron chi connectivity index (χ3n) is 3.12. The van der Waals surface area contributed by atoms with Crippen LogP contribution in [0.2, 0.25) is 0 Å². The quantitative estimate of drug-likeness (QED) is 0.267. The molecule has 0 amide bonds. The number of hydrogen-bond acceptors (Lipinski definition) is 3. The van der Waals surface area contributed by atoms with E-state index in [0.29, 0.717) is 25.5 Å². The smallest absolute Gasteiger partial charge is 0.208 e. The van der Waals surface area contributed by atoms with Gasteiger partial charge in [-0.15, -0.1) is 0 Å². The second-order valence-electron chi connectivity index (χ2n) is 4.30. The molecule has 0 aromatic heterocycles. The average molecular weight is 210 g/mol. The summed E-state index contributed by atoms with van der Waals surface area (Å²) in [6.45, 7) is 2.11. The van der Waals surface area contributed by atoms with Gasteiger partial charge in [-0.3, -0.25) is 14.4 Å². The Morgan fingerprint density at radius 3 is 2.33 bits per heavy atom. The average Bonchev–Trinajstić information content (AvgIpc) is 3.04. The lowest BCUT2D eigenvalue weighted by molar-refractivity contribution is -0.139. The Kier molecular flexibility index (Phi) is 4.18. The summed E-state index contributed by atoms with van der Waals surface area (Å²) in [6.07, 6.45) is 6.06. The van der Waals surface area contributed by atoms with Crippen molar-refractivity contribution in [3.8, 4) is 0 Å². The van der Waals surface area contributed by atoms with E-state index >= 15 is 0 Å². The summed E-state index contributed by atoms with van der Waals surface area (Å²) >= 11 is 0. The number of unbranched alkanes of at least 4 members (excludes halogenated alkanes) is 3. The van der Waals surface area contributed by atoms with Crippen molar-refractivity contribution in [1.29, 1.82) is 0 Å². The third-order valence-corrected chi connectivity index (χ3v) is 3.12. The minimum Gasteiger partial charge on any atom is -0.299 e. The number of hydrogen-bond donors (Lipinski definition) is 0. The summed E-state index contributed by atoms with van der Waals surface area (Å²) in [5.74, 6) is -0.529. The van der Waals surface area contributed by atoms with Gasteiger partial charge in [0.05, 0.1) is 5.41 Å². The van der Waals surface area contributed by atoms with E-state index in [4.69, 9.17) is 0 Å². The predicted octanol–water partition coefficient (Wildman–Crippen LogP) is 2.07. The van der Waals surface area contributed by atoms with Gasteiger partial charge in [-0.05, 0) is 19.3 Å². The Bertz CT molecular complexity index is 264. The lowest BCUT2D eigenvalue weighted by atomic mass is 9.92. The number of ketones is 2. The van der Waals surface area contributed by atoms with Crippen molar-refractivity contribution in [2.75, 3.05) is 0 Å². The lowest BCUT2D eigenvalue weighted by Crippen LogP contribution is -2.26. The molecule has 0 aliphatic heterocycles. The SMILES string of the molecule is CCCCCCC(=O)C1(C(=O)C=O)CC1. The Morgan fingerprint density at radius 2 is 1.87 bits per heavy atom. The van der Waals surface area contributed by atoms with Crippen molar-refractivity contribution in [3.63, 3.8) is 0 Å². The van der Waals surface area contributed by atoms with Crippen LogP contribution in [0.15, 0.2) is 0 Å². The number of Topliss-reactive ketones (excluding diaryl/α,β-unsaturated/α-hetero) is 2. The zero-order valence-electron chi connectivity index (χ0n) is 9.25.